The van der Waals surface area contributed by atoms with Crippen molar-refractivity contribution in [2.45, 2.75) is 122 Å². The molecule has 0 saturated carbocycles. The highest BCUT2D eigenvalue weighted by atomic mass is 16.4. The van der Waals surface area contributed by atoms with Gasteiger partial charge in [-0.05, 0) is 19.3 Å². The van der Waals surface area contributed by atoms with E-state index in [2.05, 4.69) is 6.92 Å². The van der Waals surface area contributed by atoms with Crippen LogP contribution in [0.15, 0.2) is 0 Å². The summed E-state index contributed by atoms with van der Waals surface area (Å²) in [6.07, 6.45) is 21.6. The molecule has 0 aliphatic carbocycles. The van der Waals surface area contributed by atoms with E-state index in [0.717, 1.165) is 25.7 Å². The van der Waals surface area contributed by atoms with Crippen LogP contribution in [0, 0.1) is 0 Å². The summed E-state index contributed by atoms with van der Waals surface area (Å²) in [7, 11) is 0. The summed E-state index contributed by atoms with van der Waals surface area (Å²) in [5, 5.41) is 24.7. The Balaban J connectivity index is 0. The normalized spacial score (nSPS) is 10.4. The van der Waals surface area contributed by atoms with E-state index in [-0.39, 0.29) is 13.2 Å². The van der Waals surface area contributed by atoms with Crippen molar-refractivity contribution < 1.29 is 20.1 Å². The minimum Gasteiger partial charge on any atom is -0.481 e. The van der Waals surface area contributed by atoms with Gasteiger partial charge in [0, 0.05) is 19.6 Å². The smallest absolute Gasteiger partial charge is 0.303 e. The molecule has 0 aliphatic heterocycles. The third kappa shape index (κ3) is 31.2. The lowest BCUT2D eigenvalue weighted by Crippen LogP contribution is -1.93. The number of aliphatic hydroxyl groups excluding tert-OH is 2. The van der Waals surface area contributed by atoms with Crippen LogP contribution in [0.25, 0.3) is 0 Å². The highest BCUT2D eigenvalue weighted by Crippen LogP contribution is 2.13. The van der Waals surface area contributed by atoms with Gasteiger partial charge in [-0.2, -0.15) is 0 Å². The third-order valence-electron chi connectivity index (χ3n) is 4.56. The molecule has 0 radical (unpaired) electrons. The Hall–Kier alpha value is -0.610. The van der Waals surface area contributed by atoms with Crippen LogP contribution in [0.2, 0.25) is 0 Å². The second-order valence-electron chi connectivity index (χ2n) is 7.25. The van der Waals surface area contributed by atoms with Gasteiger partial charge in [-0.1, -0.05) is 96.8 Å². The van der Waals surface area contributed by atoms with Gasteiger partial charge >= 0.3 is 5.97 Å². The average Bonchev–Trinajstić information content (AvgIpc) is 2.63. The first kappa shape index (κ1) is 27.6. The molecule has 26 heavy (non-hydrogen) atoms. The monoisotopic (exact) mass is 374 g/mol. The van der Waals surface area contributed by atoms with Crippen molar-refractivity contribution in [3.05, 3.63) is 0 Å². The molecule has 0 fully saturated rings. The second kappa shape index (κ2) is 26.6. The molecule has 0 unspecified atom stereocenters. The molecule has 4 nitrogen and oxygen atoms in total. The van der Waals surface area contributed by atoms with Crippen molar-refractivity contribution in [2.24, 2.45) is 0 Å². The van der Waals surface area contributed by atoms with Gasteiger partial charge in [0.25, 0.3) is 0 Å². The van der Waals surface area contributed by atoms with Crippen molar-refractivity contribution in [1.29, 1.82) is 0 Å². The first-order valence-electron chi connectivity index (χ1n) is 11.1. The van der Waals surface area contributed by atoms with E-state index in [1.54, 1.807) is 0 Å². The molecule has 0 aromatic rings. The molecule has 0 saturated heterocycles. The van der Waals surface area contributed by atoms with E-state index < -0.39 is 5.97 Å². The summed E-state index contributed by atoms with van der Waals surface area (Å²) in [6.45, 7) is 2.66. The number of aliphatic carboxylic acids is 1. The van der Waals surface area contributed by atoms with E-state index in [9.17, 15) is 4.79 Å². The molecule has 0 heterocycles. The van der Waals surface area contributed by atoms with Crippen LogP contribution in [0.4, 0.5) is 0 Å². The number of rotatable bonds is 19. The number of carboxylic acids is 1. The summed E-state index contributed by atoms with van der Waals surface area (Å²) < 4.78 is 0. The first-order valence-corrected chi connectivity index (χ1v) is 11.1. The molecule has 0 aromatic heterocycles. The largest absolute Gasteiger partial charge is 0.481 e. The highest BCUT2D eigenvalue weighted by molar-refractivity contribution is 5.66. The average molecular weight is 375 g/mol. The van der Waals surface area contributed by atoms with E-state index in [1.807, 2.05) is 0 Å². The number of carboxylic acid groups (broad SMARTS) is 1. The molecule has 158 valence electrons. The van der Waals surface area contributed by atoms with Gasteiger partial charge in [0.05, 0.1) is 0 Å². The van der Waals surface area contributed by atoms with Crippen LogP contribution < -0.4 is 0 Å². The lowest BCUT2D eigenvalue weighted by Gasteiger charge is -2.03. The zero-order chi connectivity index (χ0) is 19.7. The van der Waals surface area contributed by atoms with Crippen LogP contribution in [-0.2, 0) is 4.79 Å². The fraction of sp³-hybridized carbons (Fsp3) is 0.955. The Morgan fingerprint density at radius 3 is 1.12 bits per heavy atom. The van der Waals surface area contributed by atoms with Crippen LogP contribution in [0.3, 0.4) is 0 Å². The quantitative estimate of drug-likeness (QED) is 0.239. The lowest BCUT2D eigenvalue weighted by atomic mass is 10.0. The standard InChI is InChI=1S/C18H36O2.C4H10O2/c1-2-3-4-5-6-7-8-9-10-11-12-13-14-15-16-17-18(19)20;5-3-1-2-4-6/h2-17H2,1H3,(H,19,20);5-6H,1-4H2. The van der Waals surface area contributed by atoms with Crippen molar-refractivity contribution in [1.82, 2.24) is 0 Å². The van der Waals surface area contributed by atoms with E-state index >= 15 is 0 Å². The number of carbonyl (C=O) groups is 1. The van der Waals surface area contributed by atoms with E-state index in [1.165, 1.54) is 83.5 Å². The first-order chi connectivity index (χ1) is 12.7. The van der Waals surface area contributed by atoms with Crippen molar-refractivity contribution in [3.63, 3.8) is 0 Å². The number of hydrogen-bond donors (Lipinski definition) is 3. The van der Waals surface area contributed by atoms with E-state index in [4.69, 9.17) is 15.3 Å². The maximum atomic E-state index is 10.3. The summed E-state index contributed by atoms with van der Waals surface area (Å²) in [4.78, 5) is 10.3. The zero-order valence-corrected chi connectivity index (χ0v) is 17.4. The molecule has 0 amide bonds. The molecule has 0 spiro atoms. The van der Waals surface area contributed by atoms with Gasteiger partial charge in [0.1, 0.15) is 0 Å². The predicted molar refractivity (Wildman–Crippen MR) is 111 cm³/mol. The maximum absolute atomic E-state index is 10.3. The van der Waals surface area contributed by atoms with Crippen molar-refractivity contribution in [3.8, 4) is 0 Å². The van der Waals surface area contributed by atoms with Crippen LogP contribution in [0.5, 0.6) is 0 Å². The topological polar surface area (TPSA) is 77.8 Å². The minimum atomic E-state index is -0.653. The Bertz CT molecular complexity index is 253. The molecule has 0 rings (SSSR count). The number of hydrogen-bond acceptors (Lipinski definition) is 3. The van der Waals surface area contributed by atoms with Gasteiger partial charge in [-0.3, -0.25) is 4.79 Å². The molecule has 0 aliphatic rings. The molecule has 0 aromatic carbocycles. The predicted octanol–water partition coefficient (Wildman–Crippen LogP) is 6.08. The van der Waals surface area contributed by atoms with Crippen LogP contribution in [-0.4, -0.2) is 34.5 Å². The van der Waals surface area contributed by atoms with Gasteiger partial charge < -0.3 is 15.3 Å². The fourth-order valence-electron chi connectivity index (χ4n) is 2.87. The molecule has 0 atom stereocenters. The second-order valence-corrected chi connectivity index (χ2v) is 7.25. The zero-order valence-electron chi connectivity index (χ0n) is 17.4. The van der Waals surface area contributed by atoms with E-state index in [0.29, 0.717) is 6.42 Å². The Kier molecular flexibility index (Phi) is 28.3. The van der Waals surface area contributed by atoms with Crippen LogP contribution >= 0.6 is 0 Å². The lowest BCUT2D eigenvalue weighted by molar-refractivity contribution is -0.137. The molecular formula is C22H46O4. The molecule has 0 bridgehead atoms. The summed E-state index contributed by atoms with van der Waals surface area (Å²) >= 11 is 0. The number of aliphatic hydroxyl groups is 2. The SMILES string of the molecule is CCCCCCCCCCCCCCCCCC(=O)O.OCCCCO. The Morgan fingerprint density at radius 1 is 0.538 bits per heavy atom. The summed E-state index contributed by atoms with van der Waals surface area (Å²) in [6, 6.07) is 0. The molecule has 3 N–H and O–H groups in total. The fourth-order valence-corrected chi connectivity index (χ4v) is 2.87. The Labute approximate surface area is 162 Å². The highest BCUT2D eigenvalue weighted by Gasteiger charge is 1.97. The summed E-state index contributed by atoms with van der Waals surface area (Å²) in [5.41, 5.74) is 0. The molecular weight excluding hydrogens is 328 g/mol. The molecule has 4 heteroatoms. The van der Waals surface area contributed by atoms with Gasteiger partial charge in [-0.15, -0.1) is 0 Å². The van der Waals surface area contributed by atoms with Gasteiger partial charge in [0.2, 0.25) is 0 Å². The van der Waals surface area contributed by atoms with Gasteiger partial charge in [-0.25, -0.2) is 0 Å². The maximum Gasteiger partial charge on any atom is 0.303 e. The van der Waals surface area contributed by atoms with Crippen molar-refractivity contribution >= 4 is 5.97 Å². The third-order valence-corrected chi connectivity index (χ3v) is 4.56. The van der Waals surface area contributed by atoms with Crippen LogP contribution in [0.1, 0.15) is 122 Å². The summed E-state index contributed by atoms with van der Waals surface area (Å²) in [5.74, 6) is -0.653. The van der Waals surface area contributed by atoms with Crippen molar-refractivity contribution in [2.75, 3.05) is 13.2 Å². The Morgan fingerprint density at radius 2 is 0.846 bits per heavy atom. The van der Waals surface area contributed by atoms with Gasteiger partial charge in [0.15, 0.2) is 0 Å². The minimum absolute atomic E-state index is 0.195. The number of unbranched alkanes of at least 4 members (excludes halogenated alkanes) is 15.